The number of thiophene rings is 1. The summed E-state index contributed by atoms with van der Waals surface area (Å²) in [5, 5.41) is 17.6. The summed E-state index contributed by atoms with van der Waals surface area (Å²) in [6.45, 7) is 4.67. The van der Waals surface area contributed by atoms with Crippen molar-refractivity contribution in [2.75, 3.05) is 6.54 Å². The van der Waals surface area contributed by atoms with Crippen molar-refractivity contribution >= 4 is 17.4 Å². The van der Waals surface area contributed by atoms with Crippen LogP contribution in [0.3, 0.4) is 0 Å². The molecular weight excluding hydrogens is 284 g/mol. The highest BCUT2D eigenvalue weighted by atomic mass is 32.1. The fourth-order valence-corrected chi connectivity index (χ4v) is 2.91. The monoisotopic (exact) mass is 304 g/mol. The van der Waals surface area contributed by atoms with Gasteiger partial charge in [0.05, 0.1) is 12.6 Å². The molecule has 3 N–H and O–H groups in total. The molecule has 0 bridgehead atoms. The number of amides is 2. The van der Waals surface area contributed by atoms with Gasteiger partial charge in [-0.1, -0.05) is 24.3 Å². The van der Waals surface area contributed by atoms with Crippen molar-refractivity contribution < 1.29 is 9.90 Å². The lowest BCUT2D eigenvalue weighted by Gasteiger charge is -2.15. The molecule has 1 aromatic heterocycles. The number of nitrogens with one attached hydrogen (secondary N) is 2. The van der Waals surface area contributed by atoms with E-state index in [0.717, 1.165) is 16.0 Å². The van der Waals surface area contributed by atoms with Crippen LogP contribution in [0.5, 0.6) is 0 Å². The van der Waals surface area contributed by atoms with Crippen molar-refractivity contribution in [2.24, 2.45) is 0 Å². The van der Waals surface area contributed by atoms with E-state index in [-0.39, 0.29) is 12.6 Å². The summed E-state index contributed by atoms with van der Waals surface area (Å²) in [7, 11) is 0. The first-order valence-electron chi connectivity index (χ1n) is 6.86. The average Bonchev–Trinajstić information content (AvgIpc) is 2.88. The Balaban J connectivity index is 1.79. The molecule has 0 saturated carbocycles. The molecule has 0 fully saturated rings. The van der Waals surface area contributed by atoms with Gasteiger partial charge in [0.1, 0.15) is 0 Å². The zero-order chi connectivity index (χ0) is 15.2. The predicted octanol–water partition coefficient (Wildman–Crippen LogP) is 2.90. The van der Waals surface area contributed by atoms with E-state index in [9.17, 15) is 9.90 Å². The summed E-state index contributed by atoms with van der Waals surface area (Å²) in [5.74, 6) is 0. The number of carbonyl (C=O) groups is 1. The van der Waals surface area contributed by atoms with Crippen LogP contribution < -0.4 is 10.6 Å². The Morgan fingerprint density at radius 3 is 2.62 bits per heavy atom. The summed E-state index contributed by atoms with van der Waals surface area (Å²) in [6.07, 6.45) is -0.694. The normalized spacial score (nSPS) is 12.0. The molecule has 2 rings (SSSR count). The van der Waals surface area contributed by atoms with Gasteiger partial charge in [-0.25, -0.2) is 4.79 Å². The molecule has 5 heteroatoms. The third-order valence-electron chi connectivity index (χ3n) is 3.38. The maximum Gasteiger partial charge on any atom is 0.315 e. The van der Waals surface area contributed by atoms with Crippen LogP contribution in [-0.2, 0) is 6.54 Å². The van der Waals surface area contributed by atoms with Crippen LogP contribution in [0, 0.1) is 13.8 Å². The van der Waals surface area contributed by atoms with Crippen LogP contribution in [-0.4, -0.2) is 17.7 Å². The lowest BCUT2D eigenvalue weighted by Crippen LogP contribution is -2.37. The van der Waals surface area contributed by atoms with Gasteiger partial charge in [0.15, 0.2) is 0 Å². The minimum Gasteiger partial charge on any atom is -0.387 e. The number of aryl methyl sites for hydroxylation is 2. The number of hydrogen-bond acceptors (Lipinski definition) is 3. The quantitative estimate of drug-likeness (QED) is 0.795. The van der Waals surface area contributed by atoms with E-state index in [1.165, 1.54) is 5.56 Å². The van der Waals surface area contributed by atoms with Crippen LogP contribution in [0.1, 0.15) is 27.7 Å². The van der Waals surface area contributed by atoms with E-state index in [0.29, 0.717) is 6.54 Å². The standard InChI is InChI=1S/C16H20N2O2S/c1-11-5-3-4-6-13(11)14(19)9-17-16(20)18-10-15-12(2)7-8-21-15/h3-8,14,19H,9-10H2,1-2H3,(H2,17,18,20)/t14-/m0/s1. The summed E-state index contributed by atoms with van der Waals surface area (Å²) in [4.78, 5) is 12.9. The maximum absolute atomic E-state index is 11.7. The van der Waals surface area contributed by atoms with E-state index in [2.05, 4.69) is 10.6 Å². The van der Waals surface area contributed by atoms with Crippen molar-refractivity contribution in [1.29, 1.82) is 0 Å². The summed E-state index contributed by atoms with van der Waals surface area (Å²) in [6, 6.07) is 9.38. The molecule has 2 amide bonds. The third-order valence-corrected chi connectivity index (χ3v) is 4.40. The Hall–Kier alpha value is -1.85. The number of urea groups is 1. The highest BCUT2D eigenvalue weighted by molar-refractivity contribution is 7.10. The van der Waals surface area contributed by atoms with Gasteiger partial charge in [0, 0.05) is 11.4 Å². The number of aliphatic hydroxyl groups is 1. The van der Waals surface area contributed by atoms with Crippen molar-refractivity contribution in [2.45, 2.75) is 26.5 Å². The molecule has 4 nitrogen and oxygen atoms in total. The Labute approximate surface area is 128 Å². The number of rotatable bonds is 5. The molecule has 0 aliphatic carbocycles. The summed E-state index contributed by atoms with van der Waals surface area (Å²) < 4.78 is 0. The van der Waals surface area contributed by atoms with Gasteiger partial charge in [-0.3, -0.25) is 0 Å². The highest BCUT2D eigenvalue weighted by Crippen LogP contribution is 2.16. The van der Waals surface area contributed by atoms with Crippen LogP contribution >= 0.6 is 11.3 Å². The molecule has 1 heterocycles. The molecule has 0 spiro atoms. The summed E-state index contributed by atoms with van der Waals surface area (Å²) >= 11 is 1.62. The van der Waals surface area contributed by atoms with Crippen molar-refractivity contribution in [3.63, 3.8) is 0 Å². The van der Waals surface area contributed by atoms with E-state index in [1.807, 2.05) is 49.6 Å². The maximum atomic E-state index is 11.7. The van der Waals surface area contributed by atoms with Gasteiger partial charge in [-0.2, -0.15) is 0 Å². The zero-order valence-corrected chi connectivity index (χ0v) is 13.0. The van der Waals surface area contributed by atoms with Gasteiger partial charge in [0.2, 0.25) is 0 Å². The van der Waals surface area contributed by atoms with E-state index >= 15 is 0 Å². The second-order valence-corrected chi connectivity index (χ2v) is 5.96. The fourth-order valence-electron chi connectivity index (χ4n) is 2.07. The van der Waals surface area contributed by atoms with E-state index in [1.54, 1.807) is 11.3 Å². The molecule has 0 radical (unpaired) electrons. The molecular formula is C16H20N2O2S. The SMILES string of the molecule is Cc1ccccc1[C@@H](O)CNC(=O)NCc1sccc1C. The fraction of sp³-hybridized carbons (Fsp3) is 0.312. The minimum atomic E-state index is -0.694. The van der Waals surface area contributed by atoms with Gasteiger partial charge < -0.3 is 15.7 Å². The van der Waals surface area contributed by atoms with Crippen molar-refractivity contribution in [3.05, 3.63) is 57.3 Å². The topological polar surface area (TPSA) is 61.4 Å². The molecule has 0 aliphatic rings. The molecule has 0 aliphatic heterocycles. The first-order valence-corrected chi connectivity index (χ1v) is 7.74. The Morgan fingerprint density at radius 2 is 1.95 bits per heavy atom. The van der Waals surface area contributed by atoms with Crippen LogP contribution in [0.4, 0.5) is 4.79 Å². The zero-order valence-electron chi connectivity index (χ0n) is 12.2. The predicted molar refractivity (Wildman–Crippen MR) is 85.4 cm³/mol. The number of carbonyl (C=O) groups excluding carboxylic acids is 1. The third kappa shape index (κ3) is 4.31. The second-order valence-electron chi connectivity index (χ2n) is 4.96. The van der Waals surface area contributed by atoms with E-state index in [4.69, 9.17) is 0 Å². The van der Waals surface area contributed by atoms with Gasteiger partial charge in [-0.05, 0) is 42.0 Å². The Kier molecular flexibility index (Phi) is 5.36. The lowest BCUT2D eigenvalue weighted by atomic mass is 10.0. The summed E-state index contributed by atoms with van der Waals surface area (Å²) in [5.41, 5.74) is 3.04. The molecule has 1 aromatic carbocycles. The second kappa shape index (κ2) is 7.24. The Bertz CT molecular complexity index is 610. The first kappa shape index (κ1) is 15.5. The molecule has 0 unspecified atom stereocenters. The van der Waals surface area contributed by atoms with Crippen LogP contribution in [0.25, 0.3) is 0 Å². The van der Waals surface area contributed by atoms with Crippen LogP contribution in [0.2, 0.25) is 0 Å². The van der Waals surface area contributed by atoms with Gasteiger partial charge >= 0.3 is 6.03 Å². The number of hydrogen-bond donors (Lipinski definition) is 3. The highest BCUT2D eigenvalue weighted by Gasteiger charge is 2.11. The van der Waals surface area contributed by atoms with Gasteiger partial charge in [0.25, 0.3) is 0 Å². The molecule has 21 heavy (non-hydrogen) atoms. The lowest BCUT2D eigenvalue weighted by molar-refractivity contribution is 0.172. The Morgan fingerprint density at radius 1 is 1.19 bits per heavy atom. The minimum absolute atomic E-state index is 0.195. The first-order chi connectivity index (χ1) is 10.1. The molecule has 112 valence electrons. The molecule has 2 aromatic rings. The largest absolute Gasteiger partial charge is 0.387 e. The average molecular weight is 304 g/mol. The van der Waals surface area contributed by atoms with E-state index < -0.39 is 6.10 Å². The molecule has 1 atom stereocenters. The van der Waals surface area contributed by atoms with Gasteiger partial charge in [-0.15, -0.1) is 11.3 Å². The molecule has 0 saturated heterocycles. The number of benzene rings is 1. The number of aliphatic hydroxyl groups excluding tert-OH is 1. The van der Waals surface area contributed by atoms with Crippen molar-refractivity contribution in [1.82, 2.24) is 10.6 Å². The smallest absolute Gasteiger partial charge is 0.315 e. The van der Waals surface area contributed by atoms with Crippen LogP contribution in [0.15, 0.2) is 35.7 Å². The van der Waals surface area contributed by atoms with Crippen molar-refractivity contribution in [3.8, 4) is 0 Å².